The lowest BCUT2D eigenvalue weighted by atomic mass is 10.1. The third-order valence-electron chi connectivity index (χ3n) is 3.33. The molecule has 1 saturated heterocycles. The fourth-order valence-electron chi connectivity index (χ4n) is 2.23. The number of carbonyl (C=O) groups excluding carboxylic acids is 1. The SMILES string of the molecule is Cc1cc(CNC(=O)CN2CCC(O)C2)ccc1F. The number of likely N-dealkylation sites (tertiary alicyclic amines) is 1. The van der Waals surface area contributed by atoms with E-state index < -0.39 is 0 Å². The van der Waals surface area contributed by atoms with Gasteiger partial charge in [0.1, 0.15) is 5.82 Å². The number of hydrogen-bond donors (Lipinski definition) is 2. The van der Waals surface area contributed by atoms with E-state index in [1.54, 1.807) is 19.1 Å². The Labute approximate surface area is 112 Å². The number of rotatable bonds is 4. The largest absolute Gasteiger partial charge is 0.392 e. The molecular formula is C14H19FN2O2. The van der Waals surface area contributed by atoms with Crippen molar-refractivity contribution in [2.24, 2.45) is 0 Å². The molecule has 0 spiro atoms. The predicted molar refractivity (Wildman–Crippen MR) is 70.0 cm³/mol. The normalized spacial score (nSPS) is 19.6. The number of amides is 1. The van der Waals surface area contributed by atoms with E-state index in [0.717, 1.165) is 18.5 Å². The summed E-state index contributed by atoms with van der Waals surface area (Å²) in [6.07, 6.45) is 0.414. The standard InChI is InChI=1S/C14H19FN2O2/c1-10-6-11(2-3-13(10)15)7-16-14(19)9-17-5-4-12(18)8-17/h2-3,6,12,18H,4-5,7-9H2,1H3,(H,16,19). The van der Waals surface area contributed by atoms with Gasteiger partial charge in [-0.15, -0.1) is 0 Å². The van der Waals surface area contributed by atoms with Crippen molar-refractivity contribution in [3.05, 3.63) is 35.1 Å². The molecule has 1 aromatic rings. The summed E-state index contributed by atoms with van der Waals surface area (Å²) in [7, 11) is 0. The summed E-state index contributed by atoms with van der Waals surface area (Å²) in [5.74, 6) is -0.308. The minimum absolute atomic E-state index is 0.0731. The molecule has 0 saturated carbocycles. The van der Waals surface area contributed by atoms with Gasteiger partial charge in [-0.25, -0.2) is 4.39 Å². The average molecular weight is 266 g/mol. The molecule has 1 unspecified atom stereocenters. The number of benzene rings is 1. The molecule has 2 N–H and O–H groups in total. The number of aryl methyl sites for hydroxylation is 1. The van der Waals surface area contributed by atoms with Gasteiger partial charge in [0, 0.05) is 19.6 Å². The number of halogens is 1. The van der Waals surface area contributed by atoms with Crippen LogP contribution in [0.2, 0.25) is 0 Å². The Morgan fingerprint density at radius 1 is 1.58 bits per heavy atom. The zero-order chi connectivity index (χ0) is 13.8. The molecule has 0 radical (unpaired) electrons. The number of β-amino-alcohol motifs (C(OH)–C–C–N with tert-alkyl or cyclic N) is 1. The number of aliphatic hydroxyl groups excluding tert-OH is 1. The van der Waals surface area contributed by atoms with Crippen molar-refractivity contribution < 1.29 is 14.3 Å². The predicted octanol–water partition coefficient (Wildman–Crippen LogP) is 0.817. The molecule has 5 heteroatoms. The van der Waals surface area contributed by atoms with E-state index in [4.69, 9.17) is 0 Å². The number of aliphatic hydroxyl groups is 1. The number of carbonyl (C=O) groups is 1. The van der Waals surface area contributed by atoms with Crippen LogP contribution in [-0.2, 0) is 11.3 Å². The third kappa shape index (κ3) is 4.01. The van der Waals surface area contributed by atoms with Gasteiger partial charge in [-0.2, -0.15) is 0 Å². The lowest BCUT2D eigenvalue weighted by Gasteiger charge is -2.14. The Hall–Kier alpha value is -1.46. The second-order valence-corrected chi connectivity index (χ2v) is 5.04. The maximum atomic E-state index is 13.1. The second kappa shape index (κ2) is 6.12. The zero-order valence-electron chi connectivity index (χ0n) is 11.0. The Morgan fingerprint density at radius 2 is 2.37 bits per heavy atom. The van der Waals surface area contributed by atoms with Gasteiger partial charge in [-0.05, 0) is 30.5 Å². The maximum Gasteiger partial charge on any atom is 0.234 e. The highest BCUT2D eigenvalue weighted by Gasteiger charge is 2.21. The lowest BCUT2D eigenvalue weighted by Crippen LogP contribution is -2.36. The summed E-state index contributed by atoms with van der Waals surface area (Å²) in [5, 5.41) is 12.2. The van der Waals surface area contributed by atoms with Crippen LogP contribution in [0.4, 0.5) is 4.39 Å². The smallest absolute Gasteiger partial charge is 0.234 e. The van der Waals surface area contributed by atoms with E-state index in [0.29, 0.717) is 25.2 Å². The van der Waals surface area contributed by atoms with Gasteiger partial charge in [0.15, 0.2) is 0 Å². The van der Waals surface area contributed by atoms with E-state index in [1.807, 2.05) is 4.90 Å². The molecule has 1 heterocycles. The highest BCUT2D eigenvalue weighted by molar-refractivity contribution is 5.78. The molecule has 0 bridgehead atoms. The van der Waals surface area contributed by atoms with Crippen molar-refractivity contribution in [2.75, 3.05) is 19.6 Å². The molecule has 0 aromatic heterocycles. The minimum Gasteiger partial charge on any atom is -0.392 e. The van der Waals surface area contributed by atoms with Crippen LogP contribution in [0.5, 0.6) is 0 Å². The quantitative estimate of drug-likeness (QED) is 0.848. The molecule has 1 aliphatic heterocycles. The first-order valence-electron chi connectivity index (χ1n) is 6.47. The summed E-state index contributed by atoms with van der Waals surface area (Å²) in [5.41, 5.74) is 1.46. The lowest BCUT2D eigenvalue weighted by molar-refractivity contribution is -0.122. The van der Waals surface area contributed by atoms with Crippen molar-refractivity contribution in [3.63, 3.8) is 0 Å². The molecule has 2 rings (SSSR count). The van der Waals surface area contributed by atoms with Gasteiger partial charge >= 0.3 is 0 Å². The van der Waals surface area contributed by atoms with Gasteiger partial charge in [0.2, 0.25) is 5.91 Å². The van der Waals surface area contributed by atoms with Crippen LogP contribution in [0.25, 0.3) is 0 Å². The van der Waals surface area contributed by atoms with Gasteiger partial charge in [-0.1, -0.05) is 12.1 Å². The highest BCUT2D eigenvalue weighted by atomic mass is 19.1. The van der Waals surface area contributed by atoms with Gasteiger partial charge in [0.25, 0.3) is 0 Å². The summed E-state index contributed by atoms with van der Waals surface area (Å²) < 4.78 is 13.1. The van der Waals surface area contributed by atoms with E-state index in [9.17, 15) is 14.3 Å². The molecule has 104 valence electrons. The summed E-state index contributed by atoms with van der Waals surface area (Å²) in [6, 6.07) is 4.81. The maximum absolute atomic E-state index is 13.1. The first-order chi connectivity index (χ1) is 9.04. The van der Waals surface area contributed by atoms with Gasteiger partial charge < -0.3 is 10.4 Å². The van der Waals surface area contributed by atoms with E-state index >= 15 is 0 Å². The fraction of sp³-hybridized carbons (Fsp3) is 0.500. The summed E-state index contributed by atoms with van der Waals surface area (Å²) in [6.45, 7) is 3.72. The van der Waals surface area contributed by atoms with Crippen LogP contribution in [0.15, 0.2) is 18.2 Å². The highest BCUT2D eigenvalue weighted by Crippen LogP contribution is 2.09. The molecule has 1 fully saturated rings. The van der Waals surface area contributed by atoms with Crippen LogP contribution in [0.3, 0.4) is 0 Å². The van der Waals surface area contributed by atoms with Crippen LogP contribution in [-0.4, -0.2) is 41.7 Å². The fourth-order valence-corrected chi connectivity index (χ4v) is 2.23. The summed E-state index contributed by atoms with van der Waals surface area (Å²) >= 11 is 0. The number of nitrogens with zero attached hydrogens (tertiary/aromatic N) is 1. The van der Waals surface area contributed by atoms with Crippen molar-refractivity contribution in [1.82, 2.24) is 10.2 Å². The monoisotopic (exact) mass is 266 g/mol. The molecular weight excluding hydrogens is 247 g/mol. The molecule has 1 aromatic carbocycles. The minimum atomic E-state index is -0.312. The van der Waals surface area contributed by atoms with Crippen molar-refractivity contribution >= 4 is 5.91 Å². The number of hydrogen-bond acceptors (Lipinski definition) is 3. The van der Waals surface area contributed by atoms with Crippen LogP contribution >= 0.6 is 0 Å². The van der Waals surface area contributed by atoms with Crippen molar-refractivity contribution in [1.29, 1.82) is 0 Å². The first-order valence-corrected chi connectivity index (χ1v) is 6.47. The molecule has 0 aliphatic carbocycles. The second-order valence-electron chi connectivity index (χ2n) is 5.04. The van der Waals surface area contributed by atoms with E-state index in [1.165, 1.54) is 6.07 Å². The van der Waals surface area contributed by atoms with E-state index in [2.05, 4.69) is 5.32 Å². The van der Waals surface area contributed by atoms with Crippen LogP contribution in [0, 0.1) is 12.7 Å². The topological polar surface area (TPSA) is 52.6 Å². The molecule has 4 nitrogen and oxygen atoms in total. The molecule has 1 aliphatic rings. The Kier molecular flexibility index (Phi) is 4.50. The van der Waals surface area contributed by atoms with Gasteiger partial charge in [0.05, 0.1) is 12.6 Å². The van der Waals surface area contributed by atoms with Gasteiger partial charge in [-0.3, -0.25) is 9.69 Å². The Morgan fingerprint density at radius 3 is 3.00 bits per heavy atom. The Bertz CT molecular complexity index is 465. The van der Waals surface area contributed by atoms with Crippen molar-refractivity contribution in [2.45, 2.75) is 26.0 Å². The zero-order valence-corrected chi connectivity index (χ0v) is 11.0. The molecule has 1 atom stereocenters. The summed E-state index contributed by atoms with van der Waals surface area (Å²) in [4.78, 5) is 13.6. The molecule has 19 heavy (non-hydrogen) atoms. The third-order valence-corrected chi connectivity index (χ3v) is 3.33. The van der Waals surface area contributed by atoms with Crippen molar-refractivity contribution in [3.8, 4) is 0 Å². The van der Waals surface area contributed by atoms with Crippen LogP contribution in [0.1, 0.15) is 17.5 Å². The molecule has 1 amide bonds. The average Bonchev–Trinajstić information content (AvgIpc) is 2.76. The van der Waals surface area contributed by atoms with E-state index in [-0.39, 0.29) is 17.8 Å². The first kappa shape index (κ1) is 14.0. The van der Waals surface area contributed by atoms with Crippen LogP contribution < -0.4 is 5.32 Å². The Balaban J connectivity index is 1.78. The number of nitrogens with one attached hydrogen (secondary N) is 1.